The number of esters is 1. The van der Waals surface area contributed by atoms with Gasteiger partial charge in [-0.05, 0) is 13.8 Å². The van der Waals surface area contributed by atoms with E-state index >= 15 is 0 Å². The second-order valence-electron chi connectivity index (χ2n) is 3.66. The molecule has 1 heterocycles. The average Bonchev–Trinajstić information content (AvgIpc) is 2.79. The van der Waals surface area contributed by atoms with Gasteiger partial charge >= 0.3 is 5.97 Å². The van der Waals surface area contributed by atoms with Crippen molar-refractivity contribution in [3.8, 4) is 0 Å². The topological polar surface area (TPSA) is 71.5 Å². The highest BCUT2D eigenvalue weighted by Gasteiger charge is 2.14. The Hall–Kier alpha value is -0.980. The summed E-state index contributed by atoms with van der Waals surface area (Å²) in [5.74, 6) is -0.372. The average molecular weight is 258 g/mol. The molecule has 5 nitrogen and oxygen atoms in total. The molecule has 2 atom stereocenters. The van der Waals surface area contributed by atoms with E-state index in [1.807, 2.05) is 12.3 Å². The summed E-state index contributed by atoms with van der Waals surface area (Å²) < 4.78 is 4.75. The maximum Gasteiger partial charge on any atom is 0.308 e. The third-order valence-electron chi connectivity index (χ3n) is 2.19. The molecule has 0 saturated carbocycles. The second kappa shape index (κ2) is 7.37. The van der Waals surface area contributed by atoms with Crippen molar-refractivity contribution in [2.24, 2.45) is 0 Å². The van der Waals surface area contributed by atoms with Gasteiger partial charge in [0.2, 0.25) is 0 Å². The number of aliphatic hydroxyl groups excluding tert-OH is 1. The molecule has 96 valence electrons. The van der Waals surface area contributed by atoms with E-state index in [0.717, 1.165) is 5.01 Å². The molecule has 0 radical (unpaired) electrons. The number of aliphatic hydroxyl groups is 1. The predicted octanol–water partition coefficient (Wildman–Crippen LogP) is 1.11. The quantitative estimate of drug-likeness (QED) is 0.717. The highest BCUT2D eigenvalue weighted by molar-refractivity contribution is 7.09. The molecule has 0 bridgehead atoms. The molecule has 0 aromatic carbocycles. The summed E-state index contributed by atoms with van der Waals surface area (Å²) in [6.45, 7) is 4.40. The van der Waals surface area contributed by atoms with E-state index in [1.165, 1.54) is 0 Å². The summed E-state index contributed by atoms with van der Waals surface area (Å²) in [5.41, 5.74) is 0. The Balaban J connectivity index is 2.23. The Kier molecular flexibility index (Phi) is 6.10. The molecule has 0 aliphatic rings. The smallest absolute Gasteiger partial charge is 0.308 e. The van der Waals surface area contributed by atoms with Gasteiger partial charge in [0.25, 0.3) is 0 Å². The van der Waals surface area contributed by atoms with Gasteiger partial charge in [0, 0.05) is 18.1 Å². The number of nitrogens with zero attached hydrogens (tertiary/aromatic N) is 1. The fourth-order valence-corrected chi connectivity index (χ4v) is 2.00. The molecular weight excluding hydrogens is 240 g/mol. The molecule has 6 heteroatoms. The van der Waals surface area contributed by atoms with Crippen molar-refractivity contribution in [3.63, 3.8) is 0 Å². The van der Waals surface area contributed by atoms with E-state index in [-0.39, 0.29) is 18.4 Å². The lowest BCUT2D eigenvalue weighted by atomic mass is 10.2. The molecule has 2 N–H and O–H groups in total. The van der Waals surface area contributed by atoms with Crippen LogP contribution in [-0.2, 0) is 9.53 Å². The summed E-state index contributed by atoms with van der Waals surface area (Å²) >= 11 is 1.56. The Bertz CT molecular complexity index is 329. The zero-order chi connectivity index (χ0) is 12.7. The van der Waals surface area contributed by atoms with Crippen LogP contribution in [-0.4, -0.2) is 35.3 Å². The molecule has 2 unspecified atom stereocenters. The lowest BCUT2D eigenvalue weighted by molar-refractivity contribution is -0.145. The minimum atomic E-state index is -0.725. The third kappa shape index (κ3) is 5.25. The normalized spacial score (nSPS) is 14.3. The molecule has 0 aliphatic carbocycles. The van der Waals surface area contributed by atoms with Gasteiger partial charge in [-0.25, -0.2) is 4.98 Å². The fraction of sp³-hybridized carbons (Fsp3) is 0.636. The predicted molar refractivity (Wildman–Crippen MR) is 65.8 cm³/mol. The molecule has 0 aliphatic heterocycles. The first-order chi connectivity index (χ1) is 8.13. The molecule has 17 heavy (non-hydrogen) atoms. The molecule has 0 fully saturated rings. The monoisotopic (exact) mass is 258 g/mol. The zero-order valence-corrected chi connectivity index (χ0v) is 10.9. The van der Waals surface area contributed by atoms with Gasteiger partial charge in [0.05, 0.1) is 25.2 Å². The first-order valence-electron chi connectivity index (χ1n) is 5.60. The van der Waals surface area contributed by atoms with E-state index in [9.17, 15) is 9.90 Å². The van der Waals surface area contributed by atoms with Crippen LogP contribution in [0.25, 0.3) is 0 Å². The number of carbonyl (C=O) groups is 1. The first-order valence-corrected chi connectivity index (χ1v) is 6.48. The van der Waals surface area contributed by atoms with Crippen LogP contribution in [0.15, 0.2) is 11.6 Å². The Labute approximate surface area is 105 Å². The van der Waals surface area contributed by atoms with E-state index in [1.54, 1.807) is 24.5 Å². The minimum absolute atomic E-state index is 0.0193. The molecular formula is C11H18N2O3S. The van der Waals surface area contributed by atoms with Crippen LogP contribution in [0, 0.1) is 0 Å². The van der Waals surface area contributed by atoms with Crippen LogP contribution in [0.2, 0.25) is 0 Å². The summed E-state index contributed by atoms with van der Waals surface area (Å²) in [5, 5.41) is 15.6. The third-order valence-corrected chi connectivity index (χ3v) is 3.15. The number of aromatic nitrogens is 1. The standard InChI is InChI=1S/C11H18N2O3S/c1-3-16-10(15)6-9(14)7-13-8(2)11-12-4-5-17-11/h4-5,8-9,13-14H,3,6-7H2,1-2H3. The second-order valence-corrected chi connectivity index (χ2v) is 4.59. The van der Waals surface area contributed by atoms with Gasteiger partial charge < -0.3 is 15.2 Å². The van der Waals surface area contributed by atoms with E-state index in [2.05, 4.69) is 10.3 Å². The maximum absolute atomic E-state index is 11.1. The molecule has 0 saturated heterocycles. The summed E-state index contributed by atoms with van der Waals surface area (Å²) in [6, 6.07) is 0.0758. The van der Waals surface area contributed by atoms with E-state index in [0.29, 0.717) is 13.2 Å². The highest BCUT2D eigenvalue weighted by atomic mass is 32.1. The summed E-state index contributed by atoms with van der Waals surface area (Å²) in [6.07, 6.45) is 1.04. The van der Waals surface area contributed by atoms with Crippen molar-refractivity contribution >= 4 is 17.3 Å². The number of ether oxygens (including phenoxy) is 1. The van der Waals surface area contributed by atoms with Crippen LogP contribution in [0.1, 0.15) is 31.3 Å². The van der Waals surface area contributed by atoms with Gasteiger partial charge in [0.15, 0.2) is 0 Å². The highest BCUT2D eigenvalue weighted by Crippen LogP contribution is 2.14. The Morgan fingerprint density at radius 2 is 2.47 bits per heavy atom. The van der Waals surface area contributed by atoms with Gasteiger partial charge in [0.1, 0.15) is 5.01 Å². The van der Waals surface area contributed by atoms with Crippen LogP contribution in [0.3, 0.4) is 0 Å². The van der Waals surface area contributed by atoms with Crippen molar-refractivity contribution in [1.82, 2.24) is 10.3 Å². The van der Waals surface area contributed by atoms with Crippen molar-refractivity contribution in [2.75, 3.05) is 13.2 Å². The van der Waals surface area contributed by atoms with Crippen molar-refractivity contribution in [2.45, 2.75) is 32.4 Å². The molecule has 1 rings (SSSR count). The number of hydrogen-bond acceptors (Lipinski definition) is 6. The molecule has 1 aromatic rings. The van der Waals surface area contributed by atoms with Crippen LogP contribution in [0.5, 0.6) is 0 Å². The Morgan fingerprint density at radius 3 is 3.06 bits per heavy atom. The summed E-state index contributed by atoms with van der Waals surface area (Å²) in [7, 11) is 0. The van der Waals surface area contributed by atoms with Gasteiger partial charge in [-0.3, -0.25) is 4.79 Å². The minimum Gasteiger partial charge on any atom is -0.466 e. The van der Waals surface area contributed by atoms with Crippen molar-refractivity contribution < 1.29 is 14.6 Å². The summed E-state index contributed by atoms with van der Waals surface area (Å²) in [4.78, 5) is 15.3. The maximum atomic E-state index is 11.1. The lowest BCUT2D eigenvalue weighted by Gasteiger charge is -2.14. The van der Waals surface area contributed by atoms with Gasteiger partial charge in [-0.1, -0.05) is 0 Å². The van der Waals surface area contributed by atoms with Crippen molar-refractivity contribution in [1.29, 1.82) is 0 Å². The van der Waals surface area contributed by atoms with Crippen LogP contribution < -0.4 is 5.32 Å². The van der Waals surface area contributed by atoms with Crippen LogP contribution in [0.4, 0.5) is 0 Å². The number of nitrogens with one attached hydrogen (secondary N) is 1. The van der Waals surface area contributed by atoms with Gasteiger partial charge in [-0.2, -0.15) is 0 Å². The van der Waals surface area contributed by atoms with E-state index < -0.39 is 6.10 Å². The number of hydrogen-bond donors (Lipinski definition) is 2. The largest absolute Gasteiger partial charge is 0.466 e. The van der Waals surface area contributed by atoms with Crippen LogP contribution >= 0.6 is 11.3 Å². The fourth-order valence-electron chi connectivity index (χ4n) is 1.33. The number of thiazole rings is 1. The number of rotatable bonds is 7. The first kappa shape index (κ1) is 14.1. The molecule has 0 amide bonds. The Morgan fingerprint density at radius 1 is 1.71 bits per heavy atom. The zero-order valence-electron chi connectivity index (χ0n) is 10.0. The number of carbonyl (C=O) groups excluding carboxylic acids is 1. The molecule has 1 aromatic heterocycles. The molecule has 0 spiro atoms. The SMILES string of the molecule is CCOC(=O)CC(O)CNC(C)c1nccs1. The lowest BCUT2D eigenvalue weighted by Crippen LogP contribution is -2.31. The van der Waals surface area contributed by atoms with Gasteiger partial charge in [-0.15, -0.1) is 11.3 Å². The van der Waals surface area contributed by atoms with Crippen molar-refractivity contribution in [3.05, 3.63) is 16.6 Å². The van der Waals surface area contributed by atoms with E-state index in [4.69, 9.17) is 4.74 Å².